The van der Waals surface area contributed by atoms with Crippen LogP contribution in [0.25, 0.3) is 10.9 Å². The van der Waals surface area contributed by atoms with Crippen LogP contribution in [0, 0.1) is 11.3 Å². The van der Waals surface area contributed by atoms with Gasteiger partial charge in [-0.2, -0.15) is 0 Å². The van der Waals surface area contributed by atoms with E-state index in [0.717, 1.165) is 16.5 Å². The minimum atomic E-state index is -0.581. The Balaban J connectivity index is 1.77. The van der Waals surface area contributed by atoms with Crippen LogP contribution in [0.1, 0.15) is 28.4 Å². The average molecular weight is 392 g/mol. The maximum Gasteiger partial charge on any atom is 0.311 e. The Labute approximate surface area is 168 Å². The number of nitrogen functional groups attached to an aromatic ring is 1. The Bertz CT molecular complexity index is 1060. The van der Waals surface area contributed by atoms with Crippen molar-refractivity contribution < 1.29 is 14.3 Å². The number of esters is 1. The summed E-state index contributed by atoms with van der Waals surface area (Å²) in [6, 6.07) is 14.0. The van der Waals surface area contributed by atoms with Crippen LogP contribution in [-0.2, 0) is 16.0 Å². The van der Waals surface area contributed by atoms with E-state index >= 15 is 0 Å². The first-order valence-corrected chi connectivity index (χ1v) is 9.28. The molecule has 0 aliphatic carbocycles. The van der Waals surface area contributed by atoms with Gasteiger partial charge in [0, 0.05) is 34.3 Å². The lowest BCUT2D eigenvalue weighted by atomic mass is 9.92. The Kier molecular flexibility index (Phi) is 5.97. The van der Waals surface area contributed by atoms with Gasteiger partial charge in [-0.05, 0) is 49.2 Å². The van der Waals surface area contributed by atoms with Gasteiger partial charge in [0.1, 0.15) is 5.84 Å². The number of hydrogen-bond acceptors (Lipinski definition) is 4. The highest BCUT2D eigenvalue weighted by Gasteiger charge is 2.28. The highest BCUT2D eigenvalue weighted by molar-refractivity contribution is 5.98. The zero-order valence-electron chi connectivity index (χ0n) is 16.4. The van der Waals surface area contributed by atoms with Crippen molar-refractivity contribution in [3.63, 3.8) is 0 Å². The molecule has 1 amide bonds. The van der Waals surface area contributed by atoms with Gasteiger partial charge in [0.15, 0.2) is 0 Å². The van der Waals surface area contributed by atoms with E-state index in [9.17, 15) is 9.59 Å². The molecule has 5 N–H and O–H groups in total. The summed E-state index contributed by atoms with van der Waals surface area (Å²) >= 11 is 0. The molecule has 2 aromatic carbocycles. The fraction of sp³-hybridized carbons (Fsp3) is 0.227. The van der Waals surface area contributed by atoms with Crippen LogP contribution in [0.5, 0.6) is 0 Å². The highest BCUT2D eigenvalue weighted by Crippen LogP contribution is 2.18. The van der Waals surface area contributed by atoms with Gasteiger partial charge in [0.2, 0.25) is 0 Å². The molecule has 7 nitrogen and oxygen atoms in total. The first kappa shape index (κ1) is 20.1. The molecule has 150 valence electrons. The molecule has 1 heterocycles. The monoisotopic (exact) mass is 392 g/mol. The number of carbonyl (C=O) groups is 2. The van der Waals surface area contributed by atoms with Gasteiger partial charge in [0.05, 0.1) is 13.0 Å². The predicted octanol–water partition coefficient (Wildman–Crippen LogP) is 2.60. The zero-order valence-corrected chi connectivity index (χ0v) is 16.4. The van der Waals surface area contributed by atoms with E-state index in [1.165, 1.54) is 7.11 Å². The molecule has 0 saturated carbocycles. The molecule has 2 unspecified atom stereocenters. The minimum absolute atomic E-state index is 0.0389. The lowest BCUT2D eigenvalue weighted by Gasteiger charge is -2.23. The molecule has 0 fully saturated rings. The van der Waals surface area contributed by atoms with Gasteiger partial charge in [-0.3, -0.25) is 15.0 Å². The minimum Gasteiger partial charge on any atom is -0.469 e. The number of hydrogen-bond donors (Lipinski definition) is 4. The lowest BCUT2D eigenvalue weighted by molar-refractivity contribution is -0.146. The van der Waals surface area contributed by atoms with Crippen molar-refractivity contribution in [2.24, 2.45) is 11.7 Å². The third-order valence-electron chi connectivity index (χ3n) is 4.98. The molecule has 0 aliphatic heterocycles. The number of ether oxygens (including phenoxy) is 1. The molecule has 2 atom stereocenters. The number of methoxy groups -OCH3 is 1. The first-order valence-electron chi connectivity index (χ1n) is 9.28. The highest BCUT2D eigenvalue weighted by atomic mass is 16.5. The molecule has 7 heteroatoms. The normalized spacial score (nSPS) is 12.9. The maximum atomic E-state index is 12.7. The summed E-state index contributed by atoms with van der Waals surface area (Å²) in [5, 5.41) is 11.4. The van der Waals surface area contributed by atoms with Gasteiger partial charge >= 0.3 is 5.97 Å². The maximum absolute atomic E-state index is 12.7. The van der Waals surface area contributed by atoms with Crippen LogP contribution < -0.4 is 11.1 Å². The van der Waals surface area contributed by atoms with Crippen LogP contribution in [0.4, 0.5) is 0 Å². The molecule has 3 rings (SSSR count). The molecule has 3 aromatic rings. The van der Waals surface area contributed by atoms with Gasteiger partial charge in [0.25, 0.3) is 5.91 Å². The number of amides is 1. The van der Waals surface area contributed by atoms with E-state index in [1.54, 1.807) is 37.3 Å². The van der Waals surface area contributed by atoms with Crippen molar-refractivity contribution in [3.05, 3.63) is 71.4 Å². The number of H-pyrrole nitrogens is 1. The molecule has 0 bridgehead atoms. The predicted molar refractivity (Wildman–Crippen MR) is 112 cm³/mol. The molecule has 0 saturated heterocycles. The third-order valence-corrected chi connectivity index (χ3v) is 4.98. The molecular weight excluding hydrogens is 368 g/mol. The van der Waals surface area contributed by atoms with Crippen LogP contribution in [-0.4, -0.2) is 35.8 Å². The summed E-state index contributed by atoms with van der Waals surface area (Å²) in [7, 11) is 1.33. The molecule has 0 radical (unpaired) electrons. The van der Waals surface area contributed by atoms with Crippen molar-refractivity contribution in [1.29, 1.82) is 5.41 Å². The fourth-order valence-electron chi connectivity index (χ4n) is 3.32. The molecule has 0 aliphatic rings. The largest absolute Gasteiger partial charge is 0.469 e. The number of nitrogens with one attached hydrogen (secondary N) is 3. The molecule has 0 spiro atoms. The van der Waals surface area contributed by atoms with Crippen molar-refractivity contribution in [3.8, 4) is 0 Å². The Morgan fingerprint density at radius 1 is 1.17 bits per heavy atom. The van der Waals surface area contributed by atoms with E-state index in [4.69, 9.17) is 15.9 Å². The van der Waals surface area contributed by atoms with Crippen molar-refractivity contribution in [1.82, 2.24) is 10.3 Å². The smallest absolute Gasteiger partial charge is 0.311 e. The summed E-state index contributed by atoms with van der Waals surface area (Å²) in [5.41, 5.74) is 8.45. The number of rotatable bonds is 7. The second kappa shape index (κ2) is 8.60. The Morgan fingerprint density at radius 2 is 1.97 bits per heavy atom. The molecular formula is C22H24N4O3. The van der Waals surface area contributed by atoms with E-state index in [2.05, 4.69) is 10.3 Å². The van der Waals surface area contributed by atoms with Crippen molar-refractivity contribution in [2.45, 2.75) is 19.4 Å². The van der Waals surface area contributed by atoms with Crippen molar-refractivity contribution >= 4 is 28.6 Å². The van der Waals surface area contributed by atoms with E-state index < -0.39 is 17.9 Å². The first-order chi connectivity index (χ1) is 13.9. The number of aromatic amines is 1. The topological polar surface area (TPSA) is 121 Å². The fourth-order valence-corrected chi connectivity index (χ4v) is 3.32. The van der Waals surface area contributed by atoms with Crippen LogP contribution in [0.2, 0.25) is 0 Å². The average Bonchev–Trinajstić information content (AvgIpc) is 3.19. The number of nitrogens with two attached hydrogens (primary N) is 1. The van der Waals surface area contributed by atoms with Gasteiger partial charge in [-0.15, -0.1) is 0 Å². The molecule has 1 aromatic heterocycles. The number of fused-ring (bicyclic) bond motifs is 1. The second-order valence-corrected chi connectivity index (χ2v) is 6.99. The van der Waals surface area contributed by atoms with E-state index in [-0.39, 0.29) is 11.7 Å². The number of amidine groups is 1. The summed E-state index contributed by atoms with van der Waals surface area (Å²) in [6.07, 6.45) is 2.17. The van der Waals surface area contributed by atoms with Crippen molar-refractivity contribution in [2.75, 3.05) is 7.11 Å². The summed E-state index contributed by atoms with van der Waals surface area (Å²) in [6.45, 7) is 1.78. The van der Waals surface area contributed by atoms with Crippen LogP contribution >= 0.6 is 0 Å². The van der Waals surface area contributed by atoms with E-state index in [1.807, 2.05) is 24.4 Å². The third kappa shape index (κ3) is 4.63. The number of aromatic nitrogens is 1. The van der Waals surface area contributed by atoms with Crippen LogP contribution in [0.3, 0.4) is 0 Å². The van der Waals surface area contributed by atoms with E-state index in [0.29, 0.717) is 17.5 Å². The number of carbonyl (C=O) groups excluding carboxylic acids is 2. The second-order valence-electron chi connectivity index (χ2n) is 6.99. The van der Waals surface area contributed by atoms with Crippen LogP contribution in [0.15, 0.2) is 54.7 Å². The number of benzene rings is 2. The summed E-state index contributed by atoms with van der Waals surface area (Å²) in [5.74, 6) is -1.29. The summed E-state index contributed by atoms with van der Waals surface area (Å²) in [4.78, 5) is 28.2. The molecule has 29 heavy (non-hydrogen) atoms. The lowest BCUT2D eigenvalue weighted by Crippen LogP contribution is -2.42. The Hall–Kier alpha value is -3.61. The summed E-state index contributed by atoms with van der Waals surface area (Å²) < 4.78 is 4.96. The van der Waals surface area contributed by atoms with Gasteiger partial charge in [-0.1, -0.05) is 18.2 Å². The van der Waals surface area contributed by atoms with Gasteiger partial charge in [-0.25, -0.2) is 0 Å². The zero-order chi connectivity index (χ0) is 21.0. The SMILES string of the molecule is COC(=O)C(Cc1cccc(C(=N)N)c1)C(C)NC(=O)c1ccc2[nH]ccc2c1. The van der Waals surface area contributed by atoms with Gasteiger partial charge < -0.3 is 20.8 Å². The Morgan fingerprint density at radius 3 is 2.69 bits per heavy atom. The standard InChI is InChI=1S/C22H24N4O3/c1-13(26-21(27)17-6-7-19-15(12-17)8-9-25-19)18(22(28)29-2)11-14-4-3-5-16(10-14)20(23)24/h3-10,12-13,18,25H,11H2,1-2H3,(H3,23,24)(H,26,27). The quantitative estimate of drug-likeness (QED) is 0.280.